The van der Waals surface area contributed by atoms with E-state index < -0.39 is 20.8 Å². The third-order valence-corrected chi connectivity index (χ3v) is 4.14. The Bertz CT molecular complexity index is 233. The van der Waals surface area contributed by atoms with E-state index in [9.17, 15) is 12.6 Å². The lowest BCUT2D eigenvalue weighted by Gasteiger charge is -2.23. The minimum Gasteiger partial charge on any atom is -0.252 e. The van der Waals surface area contributed by atoms with Crippen LogP contribution in [-0.4, -0.2) is 29.9 Å². The number of sulfone groups is 1. The molecule has 1 fully saturated rings. The van der Waals surface area contributed by atoms with Gasteiger partial charge >= 0.3 is 0 Å². The molecule has 0 aromatic carbocycles. The van der Waals surface area contributed by atoms with E-state index in [1.54, 1.807) is 0 Å². The van der Waals surface area contributed by atoms with Crippen molar-refractivity contribution >= 4 is 20.8 Å². The molecule has 0 aliphatic carbocycles. The van der Waals surface area contributed by atoms with Gasteiger partial charge in [0.1, 0.15) is 0 Å². The topological polar surface area (TPSA) is 77.2 Å². The van der Waals surface area contributed by atoms with Gasteiger partial charge in [-0.25, -0.2) is 12.6 Å². The van der Waals surface area contributed by atoms with Gasteiger partial charge < -0.3 is 0 Å². The smallest absolute Gasteiger partial charge is 0.150 e. The highest BCUT2D eigenvalue weighted by atomic mass is 32.2. The standard InChI is InChI=1S/C4H9NO3S2/c5-9(6)1-4-2-10(7,8)3-4/h4H,1-3,5H2. The van der Waals surface area contributed by atoms with Gasteiger partial charge in [-0.1, -0.05) is 0 Å². The summed E-state index contributed by atoms with van der Waals surface area (Å²) in [5.74, 6) is 0.682. The molecule has 6 heteroatoms. The molecule has 1 heterocycles. The lowest BCUT2D eigenvalue weighted by molar-refractivity contribution is 0.543. The van der Waals surface area contributed by atoms with Gasteiger partial charge in [-0.2, -0.15) is 0 Å². The molecule has 60 valence electrons. The van der Waals surface area contributed by atoms with Crippen LogP contribution >= 0.6 is 0 Å². The summed E-state index contributed by atoms with van der Waals surface area (Å²) in [5, 5.41) is 4.97. The molecular weight excluding hydrogens is 174 g/mol. The zero-order valence-corrected chi connectivity index (χ0v) is 6.95. The molecule has 1 aliphatic rings. The maximum atomic E-state index is 10.5. The van der Waals surface area contributed by atoms with Crippen molar-refractivity contribution in [2.24, 2.45) is 11.1 Å². The molecule has 0 aromatic rings. The summed E-state index contributed by atoms with van der Waals surface area (Å²) < 4.78 is 31.4. The third kappa shape index (κ3) is 2.03. The average Bonchev–Trinajstić information content (AvgIpc) is 1.57. The zero-order valence-electron chi connectivity index (χ0n) is 5.32. The second-order valence-corrected chi connectivity index (χ2v) is 5.74. The van der Waals surface area contributed by atoms with E-state index in [4.69, 9.17) is 5.14 Å². The maximum Gasteiger partial charge on any atom is 0.150 e. The Labute approximate surface area is 62.3 Å². The van der Waals surface area contributed by atoms with Crippen molar-refractivity contribution < 1.29 is 12.6 Å². The van der Waals surface area contributed by atoms with Crippen LogP contribution in [0, 0.1) is 5.92 Å². The Hall–Kier alpha value is 0.0600. The van der Waals surface area contributed by atoms with Gasteiger partial charge in [0, 0.05) is 5.75 Å². The Morgan fingerprint density at radius 2 is 2.00 bits per heavy atom. The van der Waals surface area contributed by atoms with E-state index in [1.807, 2.05) is 0 Å². The average molecular weight is 183 g/mol. The third-order valence-electron chi connectivity index (χ3n) is 1.38. The molecule has 10 heavy (non-hydrogen) atoms. The molecule has 0 radical (unpaired) electrons. The van der Waals surface area contributed by atoms with Crippen molar-refractivity contribution in [2.75, 3.05) is 17.3 Å². The number of rotatable bonds is 2. The van der Waals surface area contributed by atoms with Crippen LogP contribution in [0.3, 0.4) is 0 Å². The summed E-state index contributed by atoms with van der Waals surface area (Å²) in [4.78, 5) is 0. The maximum absolute atomic E-state index is 10.5. The van der Waals surface area contributed by atoms with Crippen LogP contribution in [0.25, 0.3) is 0 Å². The first-order chi connectivity index (χ1) is 4.49. The summed E-state index contributed by atoms with van der Waals surface area (Å²) >= 11 is 0. The van der Waals surface area contributed by atoms with Gasteiger partial charge in [-0.15, -0.1) is 0 Å². The second-order valence-electron chi connectivity index (χ2n) is 2.49. The molecule has 1 unspecified atom stereocenters. The van der Waals surface area contributed by atoms with Crippen molar-refractivity contribution in [1.82, 2.24) is 0 Å². The predicted octanol–water partition coefficient (Wildman–Crippen LogP) is -1.35. The van der Waals surface area contributed by atoms with Crippen LogP contribution in [0.5, 0.6) is 0 Å². The fourth-order valence-electron chi connectivity index (χ4n) is 0.998. The molecule has 0 bridgehead atoms. The van der Waals surface area contributed by atoms with Crippen molar-refractivity contribution in [3.05, 3.63) is 0 Å². The van der Waals surface area contributed by atoms with Gasteiger partial charge in [0.15, 0.2) is 9.84 Å². The minimum absolute atomic E-state index is 0.0378. The highest BCUT2D eigenvalue weighted by Gasteiger charge is 2.33. The summed E-state index contributed by atoms with van der Waals surface area (Å²) in [6.45, 7) is 0. The molecule has 4 nitrogen and oxygen atoms in total. The SMILES string of the molecule is NS(=O)CC1CS(=O)(=O)C1. The molecule has 1 saturated heterocycles. The largest absolute Gasteiger partial charge is 0.252 e. The van der Waals surface area contributed by atoms with Gasteiger partial charge in [-0.05, 0) is 5.92 Å². The van der Waals surface area contributed by atoms with E-state index in [-0.39, 0.29) is 17.4 Å². The minimum atomic E-state index is -2.77. The normalized spacial score (nSPS) is 27.3. The van der Waals surface area contributed by atoms with E-state index >= 15 is 0 Å². The van der Waals surface area contributed by atoms with Crippen LogP contribution < -0.4 is 5.14 Å². The van der Waals surface area contributed by atoms with Crippen molar-refractivity contribution in [3.63, 3.8) is 0 Å². The monoisotopic (exact) mass is 183 g/mol. The van der Waals surface area contributed by atoms with Crippen molar-refractivity contribution in [2.45, 2.75) is 0 Å². The molecule has 0 amide bonds. The summed E-state index contributed by atoms with van der Waals surface area (Å²) in [6.07, 6.45) is 0. The Morgan fingerprint density at radius 3 is 2.30 bits per heavy atom. The Kier molecular flexibility index (Phi) is 2.12. The van der Waals surface area contributed by atoms with E-state index in [2.05, 4.69) is 0 Å². The Morgan fingerprint density at radius 1 is 1.50 bits per heavy atom. The van der Waals surface area contributed by atoms with Crippen LogP contribution in [0.15, 0.2) is 0 Å². The van der Waals surface area contributed by atoms with Gasteiger partial charge in [-0.3, -0.25) is 5.14 Å². The van der Waals surface area contributed by atoms with E-state index in [0.29, 0.717) is 5.75 Å². The molecule has 2 N–H and O–H groups in total. The van der Waals surface area contributed by atoms with Crippen molar-refractivity contribution in [3.8, 4) is 0 Å². The highest BCUT2D eigenvalue weighted by molar-refractivity contribution is 7.93. The molecule has 0 aromatic heterocycles. The molecule has 0 spiro atoms. The molecular formula is C4H9NO3S2. The highest BCUT2D eigenvalue weighted by Crippen LogP contribution is 2.17. The molecule has 1 atom stereocenters. The molecule has 0 saturated carbocycles. The van der Waals surface area contributed by atoms with Crippen LogP contribution in [0.1, 0.15) is 0 Å². The first-order valence-electron chi connectivity index (χ1n) is 2.83. The van der Waals surface area contributed by atoms with Gasteiger partial charge in [0.2, 0.25) is 0 Å². The number of nitrogens with two attached hydrogens (primary N) is 1. The quantitative estimate of drug-likeness (QED) is 0.575. The number of hydrogen-bond acceptors (Lipinski definition) is 3. The van der Waals surface area contributed by atoms with E-state index in [0.717, 1.165) is 0 Å². The predicted molar refractivity (Wildman–Crippen MR) is 39.3 cm³/mol. The molecule has 1 rings (SSSR count). The van der Waals surface area contributed by atoms with Gasteiger partial charge in [0.25, 0.3) is 0 Å². The first kappa shape index (κ1) is 8.16. The first-order valence-corrected chi connectivity index (χ1v) is 6.03. The molecule has 1 aliphatic heterocycles. The Balaban J connectivity index is 2.34. The fraction of sp³-hybridized carbons (Fsp3) is 1.00. The summed E-state index contributed by atoms with van der Waals surface area (Å²) in [6, 6.07) is 0. The second kappa shape index (κ2) is 2.60. The van der Waals surface area contributed by atoms with Crippen molar-refractivity contribution in [1.29, 1.82) is 0 Å². The van der Waals surface area contributed by atoms with Crippen LogP contribution in [-0.2, 0) is 20.8 Å². The fourth-order valence-corrected chi connectivity index (χ4v) is 3.57. The lowest BCUT2D eigenvalue weighted by atomic mass is 10.2. The van der Waals surface area contributed by atoms with Gasteiger partial charge in [0.05, 0.1) is 22.5 Å². The van der Waals surface area contributed by atoms with Crippen LogP contribution in [0.4, 0.5) is 0 Å². The lowest BCUT2D eigenvalue weighted by Crippen LogP contribution is -2.40. The number of hydrogen-bond donors (Lipinski definition) is 1. The van der Waals surface area contributed by atoms with Crippen LogP contribution in [0.2, 0.25) is 0 Å². The summed E-state index contributed by atoms with van der Waals surface area (Å²) in [7, 11) is -4.11. The summed E-state index contributed by atoms with van der Waals surface area (Å²) in [5.41, 5.74) is 0. The van der Waals surface area contributed by atoms with E-state index in [1.165, 1.54) is 0 Å². The zero-order chi connectivity index (χ0) is 7.78.